The van der Waals surface area contributed by atoms with Crippen LogP contribution in [-0.4, -0.2) is 0 Å². The smallest absolute Gasteiger partial charge is 0.134 e. The number of hydrogen-bond donors (Lipinski definition) is 1. The second-order valence-electron chi connectivity index (χ2n) is 5.53. The molecular formula is C14H19NO. The lowest BCUT2D eigenvalue weighted by Gasteiger charge is -2.24. The van der Waals surface area contributed by atoms with E-state index in [-0.39, 0.29) is 11.5 Å². The standard InChI is InChI=1S/C14H19NO/c1-9-5-6-10-8-12(16-11(10)7-9)13(15)14(2,3)4/h5-8,13H,15H2,1-4H3/t13-/m1/s1. The Labute approximate surface area is 96.4 Å². The Morgan fingerprint density at radius 2 is 1.88 bits per heavy atom. The predicted molar refractivity (Wildman–Crippen MR) is 67.3 cm³/mol. The van der Waals surface area contributed by atoms with Crippen molar-refractivity contribution in [3.8, 4) is 0 Å². The number of aryl methyl sites for hydroxylation is 1. The van der Waals surface area contributed by atoms with Crippen LogP contribution < -0.4 is 5.73 Å². The van der Waals surface area contributed by atoms with Crippen molar-refractivity contribution in [1.82, 2.24) is 0 Å². The molecule has 2 N–H and O–H groups in total. The van der Waals surface area contributed by atoms with Gasteiger partial charge in [-0.1, -0.05) is 32.9 Å². The molecule has 0 aliphatic carbocycles. The lowest BCUT2D eigenvalue weighted by molar-refractivity contribution is 0.290. The summed E-state index contributed by atoms with van der Waals surface area (Å²) < 4.78 is 5.81. The van der Waals surface area contributed by atoms with Crippen molar-refractivity contribution in [1.29, 1.82) is 0 Å². The maximum Gasteiger partial charge on any atom is 0.134 e. The van der Waals surface area contributed by atoms with E-state index in [9.17, 15) is 0 Å². The van der Waals surface area contributed by atoms with Gasteiger partial charge in [0.1, 0.15) is 11.3 Å². The van der Waals surface area contributed by atoms with E-state index in [4.69, 9.17) is 10.2 Å². The topological polar surface area (TPSA) is 39.2 Å². The number of furan rings is 1. The van der Waals surface area contributed by atoms with Gasteiger partial charge in [-0.05, 0) is 30.0 Å². The summed E-state index contributed by atoms with van der Waals surface area (Å²) >= 11 is 0. The van der Waals surface area contributed by atoms with Crippen LogP contribution in [0.2, 0.25) is 0 Å². The largest absolute Gasteiger partial charge is 0.459 e. The first-order valence-electron chi connectivity index (χ1n) is 5.63. The Morgan fingerprint density at radius 3 is 2.50 bits per heavy atom. The molecule has 2 rings (SSSR count). The van der Waals surface area contributed by atoms with Crippen molar-refractivity contribution in [3.63, 3.8) is 0 Å². The molecule has 0 saturated carbocycles. The van der Waals surface area contributed by atoms with Crippen molar-refractivity contribution in [3.05, 3.63) is 35.6 Å². The molecule has 0 spiro atoms. The zero-order valence-electron chi connectivity index (χ0n) is 10.4. The van der Waals surface area contributed by atoms with Gasteiger partial charge in [-0.25, -0.2) is 0 Å². The summed E-state index contributed by atoms with van der Waals surface area (Å²) in [7, 11) is 0. The molecule has 86 valence electrons. The minimum atomic E-state index is -0.0693. The monoisotopic (exact) mass is 217 g/mol. The minimum Gasteiger partial charge on any atom is -0.459 e. The molecular weight excluding hydrogens is 198 g/mol. The molecule has 0 fully saturated rings. The fraction of sp³-hybridized carbons (Fsp3) is 0.429. The Morgan fingerprint density at radius 1 is 1.19 bits per heavy atom. The molecule has 1 heterocycles. The molecule has 0 aliphatic rings. The number of fused-ring (bicyclic) bond motifs is 1. The van der Waals surface area contributed by atoms with Gasteiger partial charge >= 0.3 is 0 Å². The molecule has 1 aromatic carbocycles. The lowest BCUT2D eigenvalue weighted by atomic mass is 9.86. The van der Waals surface area contributed by atoms with Gasteiger partial charge in [-0.15, -0.1) is 0 Å². The van der Waals surface area contributed by atoms with Gasteiger partial charge < -0.3 is 10.2 Å². The molecule has 0 amide bonds. The Hall–Kier alpha value is -1.28. The summed E-state index contributed by atoms with van der Waals surface area (Å²) in [5.74, 6) is 0.869. The number of rotatable bonds is 1. The normalized spacial score (nSPS) is 14.3. The van der Waals surface area contributed by atoms with Crippen LogP contribution in [0.15, 0.2) is 28.7 Å². The summed E-state index contributed by atoms with van der Waals surface area (Å²) in [6, 6.07) is 8.19. The van der Waals surface area contributed by atoms with E-state index >= 15 is 0 Å². The average molecular weight is 217 g/mol. The van der Waals surface area contributed by atoms with Crippen molar-refractivity contribution < 1.29 is 4.42 Å². The fourth-order valence-corrected chi connectivity index (χ4v) is 1.74. The van der Waals surface area contributed by atoms with Crippen LogP contribution in [-0.2, 0) is 0 Å². The zero-order valence-corrected chi connectivity index (χ0v) is 10.4. The van der Waals surface area contributed by atoms with Gasteiger partial charge in [-0.3, -0.25) is 0 Å². The SMILES string of the molecule is Cc1ccc2cc([C@@H](N)C(C)(C)C)oc2c1. The molecule has 0 saturated heterocycles. The van der Waals surface area contributed by atoms with Crippen molar-refractivity contribution in [2.45, 2.75) is 33.7 Å². The molecule has 0 unspecified atom stereocenters. The average Bonchev–Trinajstić information content (AvgIpc) is 2.57. The second-order valence-corrected chi connectivity index (χ2v) is 5.53. The maximum absolute atomic E-state index is 6.18. The van der Waals surface area contributed by atoms with Gasteiger partial charge in [-0.2, -0.15) is 0 Å². The van der Waals surface area contributed by atoms with E-state index in [0.29, 0.717) is 0 Å². The summed E-state index contributed by atoms with van der Waals surface area (Å²) in [4.78, 5) is 0. The van der Waals surface area contributed by atoms with Crippen LogP contribution in [0.25, 0.3) is 11.0 Å². The van der Waals surface area contributed by atoms with E-state index in [1.165, 1.54) is 5.56 Å². The molecule has 1 atom stereocenters. The van der Waals surface area contributed by atoms with E-state index in [1.54, 1.807) is 0 Å². The van der Waals surface area contributed by atoms with Gasteiger partial charge in [0.05, 0.1) is 6.04 Å². The quantitative estimate of drug-likeness (QED) is 0.789. The number of benzene rings is 1. The first-order valence-corrected chi connectivity index (χ1v) is 5.63. The molecule has 0 aliphatic heterocycles. The van der Waals surface area contributed by atoms with Crippen molar-refractivity contribution in [2.75, 3.05) is 0 Å². The molecule has 0 radical (unpaired) electrons. The highest BCUT2D eigenvalue weighted by molar-refractivity contribution is 5.78. The highest BCUT2D eigenvalue weighted by Gasteiger charge is 2.25. The second kappa shape index (κ2) is 3.63. The predicted octanol–water partition coefficient (Wildman–Crippen LogP) is 3.79. The van der Waals surface area contributed by atoms with Gasteiger partial charge in [0.2, 0.25) is 0 Å². The first kappa shape index (κ1) is 11.2. The number of hydrogen-bond acceptors (Lipinski definition) is 2. The molecule has 1 aromatic heterocycles. The van der Waals surface area contributed by atoms with Gasteiger partial charge in [0, 0.05) is 5.39 Å². The molecule has 2 nitrogen and oxygen atoms in total. The van der Waals surface area contributed by atoms with Crippen LogP contribution in [0, 0.1) is 12.3 Å². The van der Waals surface area contributed by atoms with Crippen LogP contribution >= 0.6 is 0 Å². The molecule has 16 heavy (non-hydrogen) atoms. The number of nitrogens with two attached hydrogens (primary N) is 1. The summed E-state index contributed by atoms with van der Waals surface area (Å²) in [5.41, 5.74) is 8.33. The summed E-state index contributed by atoms with van der Waals surface area (Å²) in [6.45, 7) is 8.42. The molecule has 2 aromatic rings. The fourth-order valence-electron chi connectivity index (χ4n) is 1.74. The highest BCUT2D eigenvalue weighted by atomic mass is 16.3. The van der Waals surface area contributed by atoms with Crippen LogP contribution in [0.3, 0.4) is 0 Å². The third kappa shape index (κ3) is 1.98. The van der Waals surface area contributed by atoms with E-state index in [1.807, 2.05) is 12.1 Å². The minimum absolute atomic E-state index is 0.0168. The summed E-state index contributed by atoms with van der Waals surface area (Å²) in [5, 5.41) is 1.13. The van der Waals surface area contributed by atoms with Crippen LogP contribution in [0.5, 0.6) is 0 Å². The van der Waals surface area contributed by atoms with Crippen LogP contribution in [0.4, 0.5) is 0 Å². The van der Waals surface area contributed by atoms with E-state index in [2.05, 4.69) is 39.8 Å². The van der Waals surface area contributed by atoms with E-state index < -0.39 is 0 Å². The highest BCUT2D eigenvalue weighted by Crippen LogP contribution is 2.33. The zero-order chi connectivity index (χ0) is 11.9. The first-order chi connectivity index (χ1) is 7.38. The van der Waals surface area contributed by atoms with Crippen molar-refractivity contribution in [2.24, 2.45) is 11.1 Å². The third-order valence-electron chi connectivity index (χ3n) is 2.93. The third-order valence-corrected chi connectivity index (χ3v) is 2.93. The van der Waals surface area contributed by atoms with Crippen LogP contribution in [0.1, 0.15) is 38.1 Å². The Balaban J connectivity index is 2.47. The van der Waals surface area contributed by atoms with Gasteiger partial charge in [0.25, 0.3) is 0 Å². The molecule has 2 heteroatoms. The van der Waals surface area contributed by atoms with Gasteiger partial charge in [0.15, 0.2) is 0 Å². The van der Waals surface area contributed by atoms with E-state index in [0.717, 1.165) is 16.7 Å². The molecule has 0 bridgehead atoms. The van der Waals surface area contributed by atoms with Crippen molar-refractivity contribution >= 4 is 11.0 Å². The Kier molecular flexibility index (Phi) is 2.55. The lowest BCUT2D eigenvalue weighted by Crippen LogP contribution is -2.25. The Bertz CT molecular complexity index is 505. The maximum atomic E-state index is 6.18. The summed E-state index contributed by atoms with van der Waals surface area (Å²) in [6.07, 6.45) is 0.